The summed E-state index contributed by atoms with van der Waals surface area (Å²) in [6.07, 6.45) is 3.14. The SMILES string of the molecule is CC1CCN(C(=O)NCc2ccn(C)n2)C(C(=O)O)C1. The third-order valence-corrected chi connectivity index (χ3v) is 3.60. The number of nitrogens with one attached hydrogen (secondary N) is 1. The van der Waals surface area contributed by atoms with Gasteiger partial charge in [0.2, 0.25) is 0 Å². The van der Waals surface area contributed by atoms with Crippen LogP contribution in [0.5, 0.6) is 0 Å². The molecule has 7 heteroatoms. The number of likely N-dealkylation sites (tertiary alicyclic amines) is 1. The van der Waals surface area contributed by atoms with E-state index >= 15 is 0 Å². The average Bonchev–Trinajstić information content (AvgIpc) is 2.81. The molecule has 2 amide bonds. The zero-order valence-electron chi connectivity index (χ0n) is 11.7. The van der Waals surface area contributed by atoms with E-state index in [4.69, 9.17) is 0 Å². The van der Waals surface area contributed by atoms with E-state index in [1.54, 1.807) is 17.9 Å². The van der Waals surface area contributed by atoms with E-state index < -0.39 is 12.0 Å². The van der Waals surface area contributed by atoms with Gasteiger partial charge in [0, 0.05) is 19.8 Å². The molecule has 0 radical (unpaired) electrons. The number of piperidine rings is 1. The van der Waals surface area contributed by atoms with Crippen LogP contribution in [0.15, 0.2) is 12.3 Å². The quantitative estimate of drug-likeness (QED) is 0.858. The van der Waals surface area contributed by atoms with Gasteiger partial charge in [0.15, 0.2) is 0 Å². The van der Waals surface area contributed by atoms with Gasteiger partial charge in [-0.1, -0.05) is 6.92 Å². The number of urea groups is 1. The summed E-state index contributed by atoms with van der Waals surface area (Å²) in [6.45, 7) is 2.79. The minimum Gasteiger partial charge on any atom is -0.480 e. The molecule has 0 bridgehead atoms. The molecule has 0 aliphatic carbocycles. The summed E-state index contributed by atoms with van der Waals surface area (Å²) in [5, 5.41) is 16.1. The molecule has 1 saturated heterocycles. The molecule has 110 valence electrons. The van der Waals surface area contributed by atoms with Crippen molar-refractivity contribution in [2.75, 3.05) is 6.54 Å². The Balaban J connectivity index is 1.94. The average molecular weight is 280 g/mol. The number of aryl methyl sites for hydroxylation is 1. The maximum absolute atomic E-state index is 12.1. The summed E-state index contributed by atoms with van der Waals surface area (Å²) < 4.78 is 1.66. The molecule has 1 aromatic heterocycles. The van der Waals surface area contributed by atoms with Crippen molar-refractivity contribution in [3.8, 4) is 0 Å². The maximum atomic E-state index is 12.1. The second-order valence-electron chi connectivity index (χ2n) is 5.32. The number of amides is 2. The summed E-state index contributed by atoms with van der Waals surface area (Å²) >= 11 is 0. The van der Waals surface area contributed by atoms with E-state index in [0.29, 0.717) is 25.4 Å². The minimum absolute atomic E-state index is 0.304. The lowest BCUT2D eigenvalue weighted by atomic mass is 9.93. The van der Waals surface area contributed by atoms with Gasteiger partial charge in [-0.05, 0) is 24.8 Å². The molecule has 20 heavy (non-hydrogen) atoms. The summed E-state index contributed by atoms with van der Waals surface area (Å²) in [4.78, 5) is 24.8. The smallest absolute Gasteiger partial charge is 0.326 e. The monoisotopic (exact) mass is 280 g/mol. The number of hydrogen-bond donors (Lipinski definition) is 2. The van der Waals surface area contributed by atoms with Crippen LogP contribution >= 0.6 is 0 Å². The molecular weight excluding hydrogens is 260 g/mol. The van der Waals surface area contributed by atoms with Crippen LogP contribution in [0, 0.1) is 5.92 Å². The van der Waals surface area contributed by atoms with Gasteiger partial charge < -0.3 is 15.3 Å². The zero-order valence-corrected chi connectivity index (χ0v) is 11.7. The van der Waals surface area contributed by atoms with E-state index in [-0.39, 0.29) is 6.03 Å². The molecule has 0 aromatic carbocycles. The maximum Gasteiger partial charge on any atom is 0.326 e. The van der Waals surface area contributed by atoms with Crippen molar-refractivity contribution in [1.82, 2.24) is 20.0 Å². The van der Waals surface area contributed by atoms with Crippen molar-refractivity contribution in [1.29, 1.82) is 0 Å². The van der Waals surface area contributed by atoms with Crippen molar-refractivity contribution in [3.63, 3.8) is 0 Å². The van der Waals surface area contributed by atoms with E-state index in [1.165, 1.54) is 4.90 Å². The molecule has 1 aliphatic rings. The fourth-order valence-corrected chi connectivity index (χ4v) is 2.44. The molecule has 0 saturated carbocycles. The molecule has 1 aromatic rings. The fourth-order valence-electron chi connectivity index (χ4n) is 2.44. The van der Waals surface area contributed by atoms with Crippen LogP contribution in [-0.2, 0) is 18.4 Å². The number of nitrogens with zero attached hydrogens (tertiary/aromatic N) is 3. The number of carboxylic acids is 1. The van der Waals surface area contributed by atoms with Crippen LogP contribution in [-0.4, -0.2) is 44.4 Å². The van der Waals surface area contributed by atoms with Gasteiger partial charge in [-0.15, -0.1) is 0 Å². The first-order chi connectivity index (χ1) is 9.47. The van der Waals surface area contributed by atoms with Gasteiger partial charge in [-0.25, -0.2) is 9.59 Å². The Kier molecular flexibility index (Phi) is 4.26. The highest BCUT2D eigenvalue weighted by atomic mass is 16.4. The van der Waals surface area contributed by atoms with Gasteiger partial charge in [-0.3, -0.25) is 4.68 Å². The van der Waals surface area contributed by atoms with Gasteiger partial charge in [0.05, 0.1) is 12.2 Å². The van der Waals surface area contributed by atoms with Crippen molar-refractivity contribution in [2.24, 2.45) is 13.0 Å². The predicted molar refractivity (Wildman–Crippen MR) is 72.0 cm³/mol. The van der Waals surface area contributed by atoms with Crippen LogP contribution in [0.2, 0.25) is 0 Å². The lowest BCUT2D eigenvalue weighted by Gasteiger charge is -2.35. The van der Waals surface area contributed by atoms with Crippen molar-refractivity contribution >= 4 is 12.0 Å². The van der Waals surface area contributed by atoms with Crippen LogP contribution < -0.4 is 5.32 Å². The molecule has 2 rings (SSSR count). The summed E-state index contributed by atoms with van der Waals surface area (Å²) in [6, 6.07) is 0.741. The Bertz CT molecular complexity index is 500. The first-order valence-corrected chi connectivity index (χ1v) is 6.73. The molecule has 1 aliphatic heterocycles. The second kappa shape index (κ2) is 5.94. The third kappa shape index (κ3) is 3.28. The third-order valence-electron chi connectivity index (χ3n) is 3.60. The highest BCUT2D eigenvalue weighted by Gasteiger charge is 2.34. The number of carbonyl (C=O) groups is 2. The predicted octanol–water partition coefficient (Wildman–Crippen LogP) is 0.815. The molecule has 2 unspecified atom stereocenters. The number of aromatic nitrogens is 2. The summed E-state index contributed by atoms with van der Waals surface area (Å²) in [5.74, 6) is -0.611. The van der Waals surface area contributed by atoms with E-state index in [0.717, 1.165) is 12.1 Å². The van der Waals surface area contributed by atoms with E-state index in [2.05, 4.69) is 10.4 Å². The topological polar surface area (TPSA) is 87.5 Å². The van der Waals surface area contributed by atoms with Crippen LogP contribution in [0.3, 0.4) is 0 Å². The Morgan fingerprint density at radius 1 is 1.55 bits per heavy atom. The normalized spacial score (nSPS) is 22.6. The standard InChI is InChI=1S/C13H20N4O3/c1-9-3-6-17(11(7-9)12(18)19)13(20)14-8-10-4-5-16(2)15-10/h4-5,9,11H,3,6-8H2,1-2H3,(H,14,20)(H,18,19). The van der Waals surface area contributed by atoms with Crippen molar-refractivity contribution in [3.05, 3.63) is 18.0 Å². The molecule has 2 N–H and O–H groups in total. The Morgan fingerprint density at radius 2 is 2.30 bits per heavy atom. The van der Waals surface area contributed by atoms with Gasteiger partial charge in [-0.2, -0.15) is 5.10 Å². The summed E-state index contributed by atoms with van der Waals surface area (Å²) in [5.41, 5.74) is 0.748. The zero-order chi connectivity index (χ0) is 14.7. The molecule has 2 heterocycles. The number of carboxylic acid groups (broad SMARTS) is 1. The van der Waals surface area contributed by atoms with Gasteiger partial charge in [0.25, 0.3) is 0 Å². The molecule has 7 nitrogen and oxygen atoms in total. The number of aliphatic carboxylic acids is 1. The van der Waals surface area contributed by atoms with Crippen LogP contribution in [0.4, 0.5) is 4.79 Å². The molecule has 2 atom stereocenters. The van der Waals surface area contributed by atoms with Gasteiger partial charge in [0.1, 0.15) is 6.04 Å². The Labute approximate surface area is 117 Å². The minimum atomic E-state index is -0.940. The van der Waals surface area contributed by atoms with E-state index in [1.807, 2.05) is 13.0 Å². The van der Waals surface area contributed by atoms with Crippen molar-refractivity contribution < 1.29 is 14.7 Å². The van der Waals surface area contributed by atoms with Crippen LogP contribution in [0.1, 0.15) is 25.5 Å². The molecule has 0 spiro atoms. The highest BCUT2D eigenvalue weighted by Crippen LogP contribution is 2.22. The van der Waals surface area contributed by atoms with Crippen LogP contribution in [0.25, 0.3) is 0 Å². The first-order valence-electron chi connectivity index (χ1n) is 6.73. The fraction of sp³-hybridized carbons (Fsp3) is 0.615. The van der Waals surface area contributed by atoms with E-state index in [9.17, 15) is 14.7 Å². The lowest BCUT2D eigenvalue weighted by Crippen LogP contribution is -2.53. The Hall–Kier alpha value is -2.05. The highest BCUT2D eigenvalue weighted by molar-refractivity contribution is 5.82. The second-order valence-corrected chi connectivity index (χ2v) is 5.32. The lowest BCUT2D eigenvalue weighted by molar-refractivity contribution is -0.143. The van der Waals surface area contributed by atoms with Crippen molar-refractivity contribution in [2.45, 2.75) is 32.4 Å². The summed E-state index contributed by atoms with van der Waals surface area (Å²) in [7, 11) is 1.80. The van der Waals surface area contributed by atoms with Gasteiger partial charge >= 0.3 is 12.0 Å². The first kappa shape index (κ1) is 14.4. The number of hydrogen-bond acceptors (Lipinski definition) is 3. The number of rotatable bonds is 3. The Morgan fingerprint density at radius 3 is 2.90 bits per heavy atom. The molecular formula is C13H20N4O3. The number of carbonyl (C=O) groups excluding carboxylic acids is 1. The molecule has 1 fully saturated rings. The largest absolute Gasteiger partial charge is 0.480 e.